The highest BCUT2D eigenvalue weighted by Gasteiger charge is 2.51. The molecule has 5 nitrogen and oxygen atoms in total. The van der Waals surface area contributed by atoms with Crippen LogP contribution in [-0.2, 0) is 4.79 Å². The quantitative estimate of drug-likeness (QED) is 0.830. The lowest BCUT2D eigenvalue weighted by atomic mass is 9.92. The Morgan fingerprint density at radius 3 is 2.77 bits per heavy atom. The SMILES string of the molecule is O=C1NC2(CCSCC2)C(=O)N1C[C@@H](O)c1cccc(F)c1. The largest absolute Gasteiger partial charge is 0.387 e. The number of carbonyl (C=O) groups is 2. The van der Waals surface area contributed by atoms with E-state index in [1.807, 2.05) is 0 Å². The predicted molar refractivity (Wildman–Crippen MR) is 80.9 cm³/mol. The number of rotatable bonds is 3. The Bertz CT molecular complexity index is 604. The van der Waals surface area contributed by atoms with Gasteiger partial charge in [-0.25, -0.2) is 9.18 Å². The number of hydrogen-bond donors (Lipinski definition) is 2. The first-order chi connectivity index (χ1) is 10.5. The second-order valence-electron chi connectivity index (χ2n) is 5.61. The Balaban J connectivity index is 1.75. The maximum atomic E-state index is 13.2. The van der Waals surface area contributed by atoms with Crippen molar-refractivity contribution < 1.29 is 19.1 Å². The van der Waals surface area contributed by atoms with Crippen LogP contribution in [0.1, 0.15) is 24.5 Å². The molecule has 0 radical (unpaired) electrons. The third kappa shape index (κ3) is 2.70. The van der Waals surface area contributed by atoms with Crippen molar-refractivity contribution in [1.82, 2.24) is 10.2 Å². The zero-order valence-electron chi connectivity index (χ0n) is 11.9. The van der Waals surface area contributed by atoms with Crippen LogP contribution in [0.2, 0.25) is 0 Å². The van der Waals surface area contributed by atoms with E-state index in [2.05, 4.69) is 5.32 Å². The molecule has 0 bridgehead atoms. The average molecular weight is 324 g/mol. The highest BCUT2D eigenvalue weighted by atomic mass is 32.2. The summed E-state index contributed by atoms with van der Waals surface area (Å²) in [6.45, 7) is -0.164. The van der Waals surface area contributed by atoms with Gasteiger partial charge >= 0.3 is 6.03 Å². The Kier molecular flexibility index (Phi) is 4.10. The van der Waals surface area contributed by atoms with Gasteiger partial charge in [0.05, 0.1) is 12.6 Å². The molecule has 2 fully saturated rings. The Labute approximate surface area is 131 Å². The number of nitrogens with one attached hydrogen (secondary N) is 1. The summed E-state index contributed by atoms with van der Waals surface area (Å²) >= 11 is 1.76. The van der Waals surface area contributed by atoms with E-state index in [9.17, 15) is 19.1 Å². The summed E-state index contributed by atoms with van der Waals surface area (Å²) in [5.74, 6) is 0.904. The monoisotopic (exact) mass is 324 g/mol. The number of β-amino-alcohol motifs (C(OH)–C–C–N with tert-alkyl or cyclic N) is 1. The Morgan fingerprint density at radius 2 is 2.09 bits per heavy atom. The van der Waals surface area contributed by atoms with E-state index in [0.717, 1.165) is 16.4 Å². The number of aliphatic hydroxyl groups is 1. The topological polar surface area (TPSA) is 69.6 Å². The molecule has 1 spiro atoms. The van der Waals surface area contributed by atoms with Crippen molar-refractivity contribution in [2.45, 2.75) is 24.5 Å². The van der Waals surface area contributed by atoms with Gasteiger partial charge in [0.2, 0.25) is 0 Å². The second-order valence-corrected chi connectivity index (χ2v) is 6.84. The lowest BCUT2D eigenvalue weighted by molar-refractivity contribution is -0.132. The molecule has 3 amide bonds. The average Bonchev–Trinajstić information content (AvgIpc) is 2.72. The lowest BCUT2D eigenvalue weighted by Crippen LogP contribution is -2.49. The molecule has 2 saturated heterocycles. The number of thioether (sulfide) groups is 1. The minimum Gasteiger partial charge on any atom is -0.387 e. The molecule has 1 atom stereocenters. The van der Waals surface area contributed by atoms with Gasteiger partial charge in [-0.15, -0.1) is 0 Å². The van der Waals surface area contributed by atoms with Crippen molar-refractivity contribution in [3.63, 3.8) is 0 Å². The summed E-state index contributed by atoms with van der Waals surface area (Å²) in [5.41, 5.74) is -0.468. The van der Waals surface area contributed by atoms with Crippen molar-refractivity contribution in [3.8, 4) is 0 Å². The van der Waals surface area contributed by atoms with E-state index < -0.39 is 23.5 Å². The third-order valence-electron chi connectivity index (χ3n) is 4.18. The summed E-state index contributed by atoms with van der Waals surface area (Å²) in [5, 5.41) is 13.0. The molecule has 22 heavy (non-hydrogen) atoms. The van der Waals surface area contributed by atoms with Gasteiger partial charge < -0.3 is 10.4 Å². The summed E-state index contributed by atoms with van der Waals surface area (Å²) in [6.07, 6.45) is 0.113. The van der Waals surface area contributed by atoms with Crippen LogP contribution in [-0.4, -0.2) is 45.5 Å². The predicted octanol–water partition coefficient (Wildman–Crippen LogP) is 1.68. The van der Waals surface area contributed by atoms with E-state index in [0.29, 0.717) is 18.4 Å². The van der Waals surface area contributed by atoms with Crippen molar-refractivity contribution in [3.05, 3.63) is 35.6 Å². The molecule has 7 heteroatoms. The molecular formula is C15H17FN2O3S. The fourth-order valence-electron chi connectivity index (χ4n) is 2.89. The van der Waals surface area contributed by atoms with Crippen molar-refractivity contribution in [2.24, 2.45) is 0 Å². The van der Waals surface area contributed by atoms with E-state index in [4.69, 9.17) is 0 Å². The molecule has 118 valence electrons. The summed E-state index contributed by atoms with van der Waals surface area (Å²) in [4.78, 5) is 25.7. The molecule has 0 saturated carbocycles. The van der Waals surface area contributed by atoms with Crippen LogP contribution in [0.3, 0.4) is 0 Å². The first-order valence-electron chi connectivity index (χ1n) is 7.17. The standard InChI is InChI=1S/C15H17FN2O3S/c16-11-3-1-2-10(8-11)12(19)9-18-13(20)15(17-14(18)21)4-6-22-7-5-15/h1-3,8,12,19H,4-7,9H2,(H,17,21)/t12-/m1/s1. The Morgan fingerprint density at radius 1 is 1.36 bits per heavy atom. The summed E-state index contributed by atoms with van der Waals surface area (Å²) in [6, 6.07) is 5.06. The van der Waals surface area contributed by atoms with Crippen molar-refractivity contribution in [1.29, 1.82) is 0 Å². The number of nitrogens with zero attached hydrogens (tertiary/aromatic N) is 1. The minimum absolute atomic E-state index is 0.164. The second kappa shape index (κ2) is 5.89. The number of benzene rings is 1. The molecule has 1 aromatic rings. The maximum absolute atomic E-state index is 13.2. The van der Waals surface area contributed by atoms with Gasteiger partial charge in [0.1, 0.15) is 11.4 Å². The molecule has 2 aliphatic heterocycles. The van der Waals surface area contributed by atoms with Crippen LogP contribution in [0.25, 0.3) is 0 Å². The van der Waals surface area contributed by atoms with Gasteiger partial charge in [-0.05, 0) is 42.0 Å². The highest BCUT2D eigenvalue weighted by Crippen LogP contribution is 2.33. The number of halogens is 1. The molecule has 0 aliphatic carbocycles. The lowest BCUT2D eigenvalue weighted by Gasteiger charge is -2.30. The first-order valence-corrected chi connectivity index (χ1v) is 8.33. The van der Waals surface area contributed by atoms with Crippen LogP contribution >= 0.6 is 11.8 Å². The highest BCUT2D eigenvalue weighted by molar-refractivity contribution is 7.99. The first kappa shape index (κ1) is 15.3. The number of hydrogen-bond acceptors (Lipinski definition) is 4. The normalized spacial score (nSPS) is 22.0. The molecule has 0 unspecified atom stereocenters. The molecule has 2 heterocycles. The number of amides is 3. The van der Waals surface area contributed by atoms with Crippen LogP contribution < -0.4 is 5.32 Å². The third-order valence-corrected chi connectivity index (χ3v) is 5.17. The Hall–Kier alpha value is -1.60. The number of carbonyl (C=O) groups excluding carboxylic acids is 2. The van der Waals surface area contributed by atoms with E-state index in [-0.39, 0.29) is 12.5 Å². The van der Waals surface area contributed by atoms with Crippen LogP contribution in [0.15, 0.2) is 24.3 Å². The smallest absolute Gasteiger partial charge is 0.325 e. The molecule has 3 rings (SSSR count). The maximum Gasteiger partial charge on any atom is 0.325 e. The van der Waals surface area contributed by atoms with E-state index >= 15 is 0 Å². The number of aliphatic hydroxyl groups excluding tert-OH is 1. The van der Waals surface area contributed by atoms with Crippen LogP contribution in [0.5, 0.6) is 0 Å². The number of imide groups is 1. The molecular weight excluding hydrogens is 307 g/mol. The van der Waals surface area contributed by atoms with Gasteiger partial charge in [-0.1, -0.05) is 12.1 Å². The van der Waals surface area contributed by atoms with Gasteiger partial charge in [0, 0.05) is 0 Å². The van der Waals surface area contributed by atoms with E-state index in [1.54, 1.807) is 17.8 Å². The molecule has 2 N–H and O–H groups in total. The molecule has 1 aromatic carbocycles. The van der Waals surface area contributed by atoms with Gasteiger partial charge in [0.25, 0.3) is 5.91 Å². The van der Waals surface area contributed by atoms with Gasteiger partial charge in [-0.2, -0.15) is 11.8 Å². The number of urea groups is 1. The van der Waals surface area contributed by atoms with Crippen molar-refractivity contribution >= 4 is 23.7 Å². The zero-order valence-corrected chi connectivity index (χ0v) is 12.7. The van der Waals surface area contributed by atoms with Gasteiger partial charge in [-0.3, -0.25) is 9.69 Å². The van der Waals surface area contributed by atoms with Crippen LogP contribution in [0.4, 0.5) is 9.18 Å². The minimum atomic E-state index is -1.10. The zero-order chi connectivity index (χ0) is 15.7. The van der Waals surface area contributed by atoms with Crippen LogP contribution in [0, 0.1) is 5.82 Å². The molecule has 2 aliphatic rings. The fourth-order valence-corrected chi connectivity index (χ4v) is 4.08. The van der Waals surface area contributed by atoms with Gasteiger partial charge in [0.15, 0.2) is 0 Å². The van der Waals surface area contributed by atoms with Crippen molar-refractivity contribution in [2.75, 3.05) is 18.1 Å². The summed E-state index contributed by atoms with van der Waals surface area (Å²) in [7, 11) is 0. The summed E-state index contributed by atoms with van der Waals surface area (Å²) < 4.78 is 13.2. The fraction of sp³-hybridized carbons (Fsp3) is 0.467. The van der Waals surface area contributed by atoms with E-state index in [1.165, 1.54) is 18.2 Å². The molecule has 0 aromatic heterocycles.